The van der Waals surface area contributed by atoms with Crippen molar-refractivity contribution in [1.29, 1.82) is 0 Å². The van der Waals surface area contributed by atoms with Gasteiger partial charge in [0.05, 0.1) is 17.6 Å². The second kappa shape index (κ2) is 7.31. The van der Waals surface area contributed by atoms with Crippen LogP contribution in [0.1, 0.15) is 34.3 Å². The molecule has 0 radical (unpaired) electrons. The molecule has 0 aromatic carbocycles. The van der Waals surface area contributed by atoms with Crippen LogP contribution in [0.5, 0.6) is 0 Å². The van der Waals surface area contributed by atoms with E-state index >= 15 is 0 Å². The van der Waals surface area contributed by atoms with E-state index in [1.165, 1.54) is 0 Å². The van der Waals surface area contributed by atoms with E-state index in [1.807, 2.05) is 25.4 Å². The number of carbonyl (C=O) groups excluding carboxylic acids is 1. The van der Waals surface area contributed by atoms with Crippen molar-refractivity contribution < 1.29 is 4.79 Å². The second-order valence-electron chi connectivity index (χ2n) is 5.43. The third-order valence-electron chi connectivity index (χ3n) is 3.53. The lowest BCUT2D eigenvalue weighted by Gasteiger charge is -2.06. The van der Waals surface area contributed by atoms with Gasteiger partial charge in [-0.15, -0.1) is 5.10 Å². The van der Waals surface area contributed by atoms with Crippen LogP contribution in [-0.4, -0.2) is 30.3 Å². The van der Waals surface area contributed by atoms with Crippen molar-refractivity contribution in [3.05, 3.63) is 46.9 Å². The van der Waals surface area contributed by atoms with E-state index in [9.17, 15) is 4.79 Å². The Kier molecular flexibility index (Phi) is 4.95. The minimum atomic E-state index is -0.131. The van der Waals surface area contributed by atoms with E-state index in [2.05, 4.69) is 31.9 Å². The number of pyridine rings is 1. The molecule has 0 atom stereocenters. The Morgan fingerprint density at radius 1 is 1.42 bits per heavy atom. The molecule has 3 rings (SSSR count). The van der Waals surface area contributed by atoms with Gasteiger partial charge in [-0.1, -0.05) is 17.8 Å². The Hall–Kier alpha value is -2.61. The third kappa shape index (κ3) is 3.65. The van der Waals surface area contributed by atoms with E-state index in [0.717, 1.165) is 46.9 Å². The van der Waals surface area contributed by atoms with Crippen molar-refractivity contribution in [2.45, 2.75) is 26.3 Å². The quantitative estimate of drug-likeness (QED) is 0.742. The molecule has 3 aromatic heterocycles. The molecule has 0 aliphatic carbocycles. The Labute approximate surface area is 143 Å². The van der Waals surface area contributed by atoms with Gasteiger partial charge < -0.3 is 5.32 Å². The summed E-state index contributed by atoms with van der Waals surface area (Å²) in [4.78, 5) is 17.3. The molecule has 1 amide bonds. The Morgan fingerprint density at radius 2 is 2.29 bits per heavy atom. The topological polar surface area (TPSA) is 85.6 Å². The summed E-state index contributed by atoms with van der Waals surface area (Å²) in [5.74, 6) is -0.131. The molecule has 8 heteroatoms. The average Bonchev–Trinajstić information content (AvgIpc) is 3.22. The predicted molar refractivity (Wildman–Crippen MR) is 91.5 cm³/mol. The Morgan fingerprint density at radius 3 is 3.04 bits per heavy atom. The van der Waals surface area contributed by atoms with Crippen LogP contribution < -0.4 is 5.32 Å². The minimum absolute atomic E-state index is 0.131. The summed E-state index contributed by atoms with van der Waals surface area (Å²) in [7, 11) is 1.87. The number of amides is 1. The van der Waals surface area contributed by atoms with Gasteiger partial charge in [-0.3, -0.25) is 14.5 Å². The molecule has 124 valence electrons. The van der Waals surface area contributed by atoms with E-state index in [4.69, 9.17) is 0 Å². The monoisotopic (exact) mass is 342 g/mol. The van der Waals surface area contributed by atoms with Crippen molar-refractivity contribution in [3.8, 4) is 11.3 Å². The van der Waals surface area contributed by atoms with Crippen LogP contribution in [0, 0.1) is 0 Å². The number of nitrogens with zero attached hydrogens (tertiary/aromatic N) is 5. The summed E-state index contributed by atoms with van der Waals surface area (Å²) in [6, 6.07) is 3.84. The average molecular weight is 342 g/mol. The number of nitrogens with one attached hydrogen (secondary N) is 1. The fraction of sp³-hybridized carbons (Fsp3) is 0.312. The molecule has 0 aliphatic rings. The Balaban J connectivity index is 1.68. The van der Waals surface area contributed by atoms with Crippen LogP contribution in [0.25, 0.3) is 11.3 Å². The number of rotatable bonds is 6. The molecule has 3 aromatic rings. The molecule has 24 heavy (non-hydrogen) atoms. The SMILES string of the molecule is CCCc1nnsc1C(=O)NCc1ccnc(-c2cnn(C)c2)c1. The van der Waals surface area contributed by atoms with Gasteiger partial charge in [0.2, 0.25) is 0 Å². The number of hydrogen-bond donors (Lipinski definition) is 1. The first kappa shape index (κ1) is 16.3. The molecular weight excluding hydrogens is 324 g/mol. The molecular formula is C16H18N6OS. The van der Waals surface area contributed by atoms with Crippen molar-refractivity contribution in [2.24, 2.45) is 7.05 Å². The van der Waals surface area contributed by atoms with E-state index in [0.29, 0.717) is 11.4 Å². The molecule has 0 saturated carbocycles. The first-order chi connectivity index (χ1) is 11.7. The van der Waals surface area contributed by atoms with Crippen LogP contribution in [0.3, 0.4) is 0 Å². The number of hydrogen-bond acceptors (Lipinski definition) is 6. The number of carbonyl (C=O) groups is 1. The lowest BCUT2D eigenvalue weighted by Crippen LogP contribution is -2.23. The molecule has 7 nitrogen and oxygen atoms in total. The lowest BCUT2D eigenvalue weighted by molar-refractivity contribution is 0.0954. The molecule has 1 N–H and O–H groups in total. The summed E-state index contributed by atoms with van der Waals surface area (Å²) in [5.41, 5.74) is 3.53. The van der Waals surface area contributed by atoms with Crippen molar-refractivity contribution in [1.82, 2.24) is 29.7 Å². The van der Waals surface area contributed by atoms with Gasteiger partial charge >= 0.3 is 0 Å². The van der Waals surface area contributed by atoms with Gasteiger partial charge in [-0.2, -0.15) is 5.10 Å². The first-order valence-corrected chi connectivity index (χ1v) is 8.48. The zero-order valence-electron chi connectivity index (χ0n) is 13.6. The van der Waals surface area contributed by atoms with Crippen LogP contribution >= 0.6 is 11.5 Å². The van der Waals surface area contributed by atoms with Gasteiger partial charge in [0.1, 0.15) is 4.88 Å². The van der Waals surface area contributed by atoms with Gasteiger partial charge in [0.25, 0.3) is 5.91 Å². The van der Waals surface area contributed by atoms with E-state index in [1.54, 1.807) is 17.1 Å². The zero-order chi connectivity index (χ0) is 16.9. The molecule has 0 bridgehead atoms. The molecule has 0 fully saturated rings. The maximum Gasteiger partial charge on any atom is 0.265 e. The molecule has 0 spiro atoms. The predicted octanol–water partition coefficient (Wildman–Crippen LogP) is 2.22. The summed E-state index contributed by atoms with van der Waals surface area (Å²) in [6.45, 7) is 2.48. The van der Waals surface area contributed by atoms with Crippen LogP contribution in [-0.2, 0) is 20.0 Å². The van der Waals surface area contributed by atoms with Crippen molar-refractivity contribution >= 4 is 17.4 Å². The lowest BCUT2D eigenvalue weighted by atomic mass is 10.1. The highest BCUT2D eigenvalue weighted by atomic mass is 32.1. The van der Waals surface area contributed by atoms with Gasteiger partial charge in [0.15, 0.2) is 0 Å². The van der Waals surface area contributed by atoms with Crippen LogP contribution in [0.4, 0.5) is 0 Å². The smallest absolute Gasteiger partial charge is 0.265 e. The summed E-state index contributed by atoms with van der Waals surface area (Å²) < 4.78 is 5.62. The maximum absolute atomic E-state index is 12.3. The van der Waals surface area contributed by atoms with Crippen molar-refractivity contribution in [2.75, 3.05) is 0 Å². The number of aryl methyl sites for hydroxylation is 2. The fourth-order valence-corrected chi connectivity index (χ4v) is 2.96. The highest BCUT2D eigenvalue weighted by molar-refractivity contribution is 7.08. The summed E-state index contributed by atoms with van der Waals surface area (Å²) in [6.07, 6.45) is 7.11. The summed E-state index contributed by atoms with van der Waals surface area (Å²) in [5, 5.41) is 11.1. The standard InChI is InChI=1S/C16H18N6OS/c1-3-4-13-15(24-21-20-13)16(23)18-8-11-5-6-17-14(7-11)12-9-19-22(2)10-12/h5-7,9-10H,3-4,8H2,1-2H3,(H,18,23). The third-order valence-corrected chi connectivity index (χ3v) is 4.29. The second-order valence-corrected chi connectivity index (χ2v) is 6.19. The zero-order valence-corrected chi connectivity index (χ0v) is 14.4. The molecule has 3 heterocycles. The van der Waals surface area contributed by atoms with Gasteiger partial charge in [0, 0.05) is 31.5 Å². The van der Waals surface area contributed by atoms with Crippen molar-refractivity contribution in [3.63, 3.8) is 0 Å². The molecule has 0 aliphatic heterocycles. The van der Waals surface area contributed by atoms with E-state index in [-0.39, 0.29) is 5.91 Å². The molecule has 0 unspecified atom stereocenters. The Bertz CT molecular complexity index is 840. The highest BCUT2D eigenvalue weighted by Crippen LogP contribution is 2.17. The van der Waals surface area contributed by atoms with Gasteiger partial charge in [-0.25, -0.2) is 0 Å². The summed E-state index contributed by atoms with van der Waals surface area (Å²) >= 11 is 1.14. The normalized spacial score (nSPS) is 10.8. The largest absolute Gasteiger partial charge is 0.347 e. The number of aromatic nitrogens is 5. The van der Waals surface area contributed by atoms with Crippen LogP contribution in [0.15, 0.2) is 30.7 Å². The van der Waals surface area contributed by atoms with E-state index < -0.39 is 0 Å². The minimum Gasteiger partial charge on any atom is -0.347 e. The fourth-order valence-electron chi connectivity index (χ4n) is 2.34. The first-order valence-electron chi connectivity index (χ1n) is 7.70. The van der Waals surface area contributed by atoms with Gasteiger partial charge in [-0.05, 0) is 35.6 Å². The highest BCUT2D eigenvalue weighted by Gasteiger charge is 2.15. The molecule has 0 saturated heterocycles. The van der Waals surface area contributed by atoms with Crippen LogP contribution in [0.2, 0.25) is 0 Å². The maximum atomic E-state index is 12.3.